The van der Waals surface area contributed by atoms with Gasteiger partial charge < -0.3 is 15.8 Å². The normalized spacial score (nSPS) is 22.3. The van der Waals surface area contributed by atoms with E-state index < -0.39 is 5.97 Å². The molecule has 1 aromatic heterocycles. The van der Waals surface area contributed by atoms with Gasteiger partial charge in [-0.2, -0.15) is 0 Å². The summed E-state index contributed by atoms with van der Waals surface area (Å²) in [5, 5.41) is 3.28. The number of nitrogens with zero attached hydrogens (tertiary/aromatic N) is 1. The van der Waals surface area contributed by atoms with Crippen molar-refractivity contribution in [2.45, 2.75) is 32.6 Å². The first-order valence-corrected chi connectivity index (χ1v) is 7.18. The Morgan fingerprint density at radius 1 is 1.55 bits per heavy atom. The van der Waals surface area contributed by atoms with E-state index in [1.54, 1.807) is 12.3 Å². The number of hydrogen-bond donors (Lipinski definition) is 2. The fourth-order valence-corrected chi connectivity index (χ4v) is 2.89. The third kappa shape index (κ3) is 3.40. The molecule has 3 N–H and O–H groups in total. The van der Waals surface area contributed by atoms with Gasteiger partial charge in [0.25, 0.3) is 0 Å². The van der Waals surface area contributed by atoms with Gasteiger partial charge in [0.15, 0.2) is 0 Å². The van der Waals surface area contributed by atoms with Crippen molar-refractivity contribution in [1.82, 2.24) is 4.98 Å². The molecule has 2 unspecified atom stereocenters. The van der Waals surface area contributed by atoms with Gasteiger partial charge in [0.2, 0.25) is 0 Å². The number of carbonyl (C=O) groups excluding carboxylic acids is 1. The second-order valence-electron chi connectivity index (χ2n) is 5.63. The number of ether oxygens (including phenoxy) is 1. The summed E-state index contributed by atoms with van der Waals surface area (Å²) in [6.45, 7) is 3.16. The number of methoxy groups -OCH3 is 1. The fourth-order valence-electron chi connectivity index (χ4n) is 2.89. The van der Waals surface area contributed by atoms with Gasteiger partial charge in [-0.1, -0.05) is 19.8 Å². The lowest BCUT2D eigenvalue weighted by Gasteiger charge is -2.27. The van der Waals surface area contributed by atoms with Crippen LogP contribution in [0.1, 0.15) is 43.0 Å². The fraction of sp³-hybridized carbons (Fsp3) is 0.600. The van der Waals surface area contributed by atoms with Gasteiger partial charge >= 0.3 is 5.97 Å². The van der Waals surface area contributed by atoms with Crippen LogP contribution in [0.25, 0.3) is 0 Å². The summed E-state index contributed by atoms with van der Waals surface area (Å²) in [5.41, 5.74) is 6.70. The van der Waals surface area contributed by atoms with Gasteiger partial charge in [-0.15, -0.1) is 0 Å². The molecule has 0 aromatic carbocycles. The van der Waals surface area contributed by atoms with E-state index in [-0.39, 0.29) is 0 Å². The summed E-state index contributed by atoms with van der Waals surface area (Å²) in [6, 6.07) is 1.58. The van der Waals surface area contributed by atoms with E-state index in [0.717, 1.165) is 12.5 Å². The van der Waals surface area contributed by atoms with Gasteiger partial charge in [-0.3, -0.25) is 0 Å². The molecule has 0 saturated heterocycles. The Kier molecular flexibility index (Phi) is 4.82. The molecule has 2 rings (SSSR count). The van der Waals surface area contributed by atoms with E-state index in [2.05, 4.69) is 17.2 Å². The molecule has 1 saturated carbocycles. The minimum Gasteiger partial charge on any atom is -0.465 e. The lowest BCUT2D eigenvalue weighted by Crippen LogP contribution is -2.22. The molecule has 1 aliphatic rings. The Hall–Kier alpha value is -1.78. The van der Waals surface area contributed by atoms with Gasteiger partial charge in [0.1, 0.15) is 5.82 Å². The third-order valence-corrected chi connectivity index (χ3v) is 4.00. The second kappa shape index (κ2) is 6.59. The Balaban J connectivity index is 2.01. The number of nitrogens with one attached hydrogen (secondary N) is 1. The van der Waals surface area contributed by atoms with E-state index >= 15 is 0 Å². The molecule has 0 amide bonds. The molecule has 110 valence electrons. The zero-order chi connectivity index (χ0) is 14.5. The van der Waals surface area contributed by atoms with Crippen LogP contribution < -0.4 is 11.1 Å². The quantitative estimate of drug-likeness (QED) is 0.827. The van der Waals surface area contributed by atoms with Crippen molar-refractivity contribution >= 4 is 17.5 Å². The predicted molar refractivity (Wildman–Crippen MR) is 79.6 cm³/mol. The van der Waals surface area contributed by atoms with E-state index in [1.165, 1.54) is 32.8 Å². The maximum atomic E-state index is 11.6. The van der Waals surface area contributed by atoms with Crippen LogP contribution in [0.3, 0.4) is 0 Å². The molecule has 1 aromatic rings. The van der Waals surface area contributed by atoms with Crippen molar-refractivity contribution in [2.24, 2.45) is 11.8 Å². The minimum absolute atomic E-state index is 0.363. The van der Waals surface area contributed by atoms with Crippen molar-refractivity contribution in [2.75, 3.05) is 24.7 Å². The first kappa shape index (κ1) is 14.6. The molecule has 0 spiro atoms. The number of aromatic nitrogens is 1. The zero-order valence-corrected chi connectivity index (χ0v) is 12.2. The molecule has 1 fully saturated rings. The van der Waals surface area contributed by atoms with Crippen molar-refractivity contribution in [3.05, 3.63) is 17.8 Å². The SMILES string of the molecule is COC(=O)c1ccnc(NCC2CCCC(C)C2)c1N. The molecule has 5 heteroatoms. The van der Waals surface area contributed by atoms with Crippen LogP contribution in [0.4, 0.5) is 11.5 Å². The summed E-state index contributed by atoms with van der Waals surface area (Å²) in [4.78, 5) is 15.8. The number of carbonyl (C=O) groups is 1. The van der Waals surface area contributed by atoms with Gasteiger partial charge in [-0.05, 0) is 30.7 Å². The highest BCUT2D eigenvalue weighted by molar-refractivity contribution is 5.97. The van der Waals surface area contributed by atoms with Gasteiger partial charge in [0, 0.05) is 12.7 Å². The summed E-state index contributed by atoms with van der Waals surface area (Å²) < 4.78 is 4.71. The van der Waals surface area contributed by atoms with E-state index in [4.69, 9.17) is 10.5 Å². The van der Waals surface area contributed by atoms with Gasteiger partial charge in [0.05, 0.1) is 18.4 Å². The van der Waals surface area contributed by atoms with Crippen LogP contribution in [0.2, 0.25) is 0 Å². The highest BCUT2D eigenvalue weighted by Gasteiger charge is 2.20. The number of pyridine rings is 1. The maximum Gasteiger partial charge on any atom is 0.340 e. The second-order valence-corrected chi connectivity index (χ2v) is 5.63. The van der Waals surface area contributed by atoms with Crippen LogP contribution in [-0.4, -0.2) is 24.6 Å². The van der Waals surface area contributed by atoms with Crippen LogP contribution >= 0.6 is 0 Å². The largest absolute Gasteiger partial charge is 0.465 e. The lowest BCUT2D eigenvalue weighted by atomic mass is 9.82. The molecule has 2 atom stereocenters. The topological polar surface area (TPSA) is 77.2 Å². The van der Waals surface area contributed by atoms with Crippen LogP contribution in [0, 0.1) is 11.8 Å². The Morgan fingerprint density at radius 3 is 3.05 bits per heavy atom. The van der Waals surface area contributed by atoms with Crippen molar-refractivity contribution in [1.29, 1.82) is 0 Å². The third-order valence-electron chi connectivity index (χ3n) is 4.00. The van der Waals surface area contributed by atoms with Gasteiger partial charge in [-0.25, -0.2) is 9.78 Å². The molecule has 0 bridgehead atoms. The summed E-state index contributed by atoms with van der Waals surface area (Å²) in [5.74, 6) is 1.59. The highest BCUT2D eigenvalue weighted by Crippen LogP contribution is 2.29. The van der Waals surface area contributed by atoms with Crippen LogP contribution in [0.15, 0.2) is 12.3 Å². The number of anilines is 2. The molecule has 20 heavy (non-hydrogen) atoms. The number of hydrogen-bond acceptors (Lipinski definition) is 5. The van der Waals surface area contributed by atoms with Crippen molar-refractivity contribution < 1.29 is 9.53 Å². The van der Waals surface area contributed by atoms with Crippen molar-refractivity contribution in [3.63, 3.8) is 0 Å². The number of nitrogens with two attached hydrogens (primary N) is 1. The summed E-state index contributed by atoms with van der Waals surface area (Å²) >= 11 is 0. The monoisotopic (exact) mass is 277 g/mol. The molecule has 1 heterocycles. The Labute approximate surface area is 119 Å². The molecule has 0 aliphatic heterocycles. The Morgan fingerprint density at radius 2 is 2.35 bits per heavy atom. The Bertz CT molecular complexity index is 476. The lowest BCUT2D eigenvalue weighted by molar-refractivity contribution is 0.0602. The summed E-state index contributed by atoms with van der Waals surface area (Å²) in [6.07, 6.45) is 6.68. The number of esters is 1. The van der Waals surface area contributed by atoms with Crippen LogP contribution in [-0.2, 0) is 4.74 Å². The summed E-state index contributed by atoms with van der Waals surface area (Å²) in [7, 11) is 1.35. The molecular weight excluding hydrogens is 254 g/mol. The standard InChI is InChI=1S/C15H23N3O2/c1-10-4-3-5-11(8-10)9-18-14-13(16)12(6-7-17-14)15(19)20-2/h6-7,10-11H,3-5,8-9,16H2,1-2H3,(H,17,18). The first-order chi connectivity index (χ1) is 9.61. The first-order valence-electron chi connectivity index (χ1n) is 7.18. The molecule has 1 aliphatic carbocycles. The minimum atomic E-state index is -0.431. The van der Waals surface area contributed by atoms with E-state index in [9.17, 15) is 4.79 Å². The zero-order valence-electron chi connectivity index (χ0n) is 12.2. The van der Waals surface area contributed by atoms with Crippen LogP contribution in [0.5, 0.6) is 0 Å². The molecular formula is C15H23N3O2. The number of rotatable bonds is 4. The molecule has 5 nitrogen and oxygen atoms in total. The van der Waals surface area contributed by atoms with E-state index in [1.807, 2.05) is 0 Å². The average Bonchev–Trinajstić information content (AvgIpc) is 2.45. The predicted octanol–water partition coefficient (Wildman–Crippen LogP) is 2.69. The maximum absolute atomic E-state index is 11.6. The smallest absolute Gasteiger partial charge is 0.340 e. The van der Waals surface area contributed by atoms with Crippen molar-refractivity contribution in [3.8, 4) is 0 Å². The number of nitrogen functional groups attached to an aromatic ring is 1. The molecule has 0 radical (unpaired) electrons. The average molecular weight is 277 g/mol. The highest BCUT2D eigenvalue weighted by atomic mass is 16.5. The van der Waals surface area contributed by atoms with E-state index in [0.29, 0.717) is 23.0 Å².